The van der Waals surface area contributed by atoms with E-state index in [9.17, 15) is 23.1 Å². The summed E-state index contributed by atoms with van der Waals surface area (Å²) < 4.78 is 43.5. The molecule has 0 fully saturated rings. The van der Waals surface area contributed by atoms with E-state index in [1.807, 2.05) is 48.5 Å². The Hall–Kier alpha value is -3.32. The highest BCUT2D eigenvalue weighted by Crippen LogP contribution is 2.44. The number of halogens is 3. The normalized spacial score (nSPS) is 14.0. The first-order valence-electron chi connectivity index (χ1n) is 9.31. The zero-order valence-electron chi connectivity index (χ0n) is 15.7. The van der Waals surface area contributed by atoms with E-state index in [-0.39, 0.29) is 23.8 Å². The van der Waals surface area contributed by atoms with Gasteiger partial charge in [-0.25, -0.2) is 4.79 Å². The Balaban J connectivity index is 1.45. The van der Waals surface area contributed by atoms with Gasteiger partial charge in [0.15, 0.2) is 6.10 Å². The van der Waals surface area contributed by atoms with Gasteiger partial charge >= 0.3 is 12.3 Å². The van der Waals surface area contributed by atoms with Crippen molar-refractivity contribution < 1.29 is 27.8 Å². The van der Waals surface area contributed by atoms with Crippen LogP contribution < -0.4 is 5.32 Å². The van der Waals surface area contributed by atoms with Gasteiger partial charge < -0.3 is 9.84 Å². The van der Waals surface area contributed by atoms with Crippen molar-refractivity contribution in [2.75, 3.05) is 11.9 Å². The predicted molar refractivity (Wildman–Crippen MR) is 106 cm³/mol. The minimum Gasteiger partial charge on any atom is -0.448 e. The Labute approximate surface area is 170 Å². The maximum atomic E-state index is 12.7. The quantitative estimate of drug-likeness (QED) is 0.582. The van der Waals surface area contributed by atoms with Crippen LogP contribution >= 0.6 is 0 Å². The second-order valence-corrected chi connectivity index (χ2v) is 7.02. The van der Waals surface area contributed by atoms with Crippen LogP contribution in [-0.4, -0.2) is 24.0 Å². The average molecular weight is 413 g/mol. The minimum absolute atomic E-state index is 0.0880. The van der Waals surface area contributed by atoms with E-state index in [0.717, 1.165) is 34.4 Å². The molecule has 1 aliphatic carbocycles. The van der Waals surface area contributed by atoms with Gasteiger partial charge in [0.25, 0.3) is 0 Å². The molecular weight excluding hydrogens is 395 g/mol. The third-order valence-electron chi connectivity index (χ3n) is 5.10. The highest BCUT2D eigenvalue weighted by atomic mass is 19.4. The minimum atomic E-state index is -4.79. The van der Waals surface area contributed by atoms with E-state index in [0.29, 0.717) is 0 Å². The van der Waals surface area contributed by atoms with Crippen molar-refractivity contribution in [2.24, 2.45) is 0 Å². The lowest BCUT2D eigenvalue weighted by molar-refractivity contribution is -0.206. The first-order chi connectivity index (χ1) is 14.3. The zero-order chi connectivity index (χ0) is 21.3. The maximum Gasteiger partial charge on any atom is 0.418 e. The lowest BCUT2D eigenvalue weighted by Crippen LogP contribution is -2.21. The molecule has 0 spiro atoms. The fraction of sp³-hybridized carbons (Fsp3) is 0.174. The molecule has 3 aromatic rings. The fourth-order valence-electron chi connectivity index (χ4n) is 3.73. The van der Waals surface area contributed by atoms with Crippen molar-refractivity contribution in [3.63, 3.8) is 0 Å². The number of carbonyl (C=O) groups excluding carboxylic acids is 1. The van der Waals surface area contributed by atoms with Crippen LogP contribution in [0.15, 0.2) is 72.8 Å². The molecular formula is C23H18F3NO3. The van der Waals surface area contributed by atoms with Gasteiger partial charge in [0, 0.05) is 11.6 Å². The number of aliphatic hydroxyl groups excluding tert-OH is 1. The Morgan fingerprint density at radius 3 is 2.17 bits per heavy atom. The third kappa shape index (κ3) is 3.89. The van der Waals surface area contributed by atoms with Crippen molar-refractivity contribution in [3.05, 3.63) is 89.5 Å². The molecule has 4 nitrogen and oxygen atoms in total. The van der Waals surface area contributed by atoms with Crippen LogP contribution in [0.4, 0.5) is 23.7 Å². The molecule has 0 heterocycles. The van der Waals surface area contributed by atoms with Crippen LogP contribution in [0, 0.1) is 0 Å². The number of fused-ring (bicyclic) bond motifs is 3. The van der Waals surface area contributed by atoms with Crippen LogP contribution in [-0.2, 0) is 4.74 Å². The summed E-state index contributed by atoms with van der Waals surface area (Å²) in [4.78, 5) is 12.3. The summed E-state index contributed by atoms with van der Waals surface area (Å²) in [5.74, 6) is -0.124. The van der Waals surface area contributed by atoms with Gasteiger partial charge in [0.2, 0.25) is 0 Å². The molecule has 30 heavy (non-hydrogen) atoms. The molecule has 0 aliphatic heterocycles. The second kappa shape index (κ2) is 7.84. The van der Waals surface area contributed by atoms with Crippen molar-refractivity contribution >= 4 is 11.8 Å². The topological polar surface area (TPSA) is 58.6 Å². The molecule has 1 atom stereocenters. The molecule has 1 unspecified atom stereocenters. The molecule has 154 valence electrons. The Bertz CT molecular complexity index is 1040. The number of nitrogens with one attached hydrogen (secondary N) is 1. The van der Waals surface area contributed by atoms with E-state index >= 15 is 0 Å². The SMILES string of the molecule is O=C(Nc1cccc(C(O)C(F)(F)F)c1)OCC1c2ccccc2-c2ccccc21. The van der Waals surface area contributed by atoms with Gasteiger partial charge in [-0.05, 0) is 39.9 Å². The van der Waals surface area contributed by atoms with E-state index in [1.54, 1.807) is 0 Å². The molecule has 7 heteroatoms. The number of benzene rings is 3. The van der Waals surface area contributed by atoms with Gasteiger partial charge in [0.1, 0.15) is 6.61 Å². The smallest absolute Gasteiger partial charge is 0.418 e. The Morgan fingerprint density at radius 2 is 1.57 bits per heavy atom. The molecule has 0 saturated heterocycles. The van der Waals surface area contributed by atoms with Crippen LogP contribution in [0.2, 0.25) is 0 Å². The van der Waals surface area contributed by atoms with Crippen LogP contribution in [0.1, 0.15) is 28.7 Å². The maximum absolute atomic E-state index is 12.7. The molecule has 3 aromatic carbocycles. The number of alkyl halides is 3. The van der Waals surface area contributed by atoms with Gasteiger partial charge in [-0.2, -0.15) is 13.2 Å². The van der Waals surface area contributed by atoms with E-state index in [2.05, 4.69) is 5.32 Å². The van der Waals surface area contributed by atoms with E-state index in [4.69, 9.17) is 4.74 Å². The molecule has 0 saturated carbocycles. The highest BCUT2D eigenvalue weighted by Gasteiger charge is 2.39. The molecule has 1 amide bonds. The Morgan fingerprint density at radius 1 is 0.967 bits per heavy atom. The number of hydrogen-bond donors (Lipinski definition) is 2. The number of amides is 1. The summed E-state index contributed by atoms with van der Waals surface area (Å²) in [6, 6.07) is 20.7. The number of aliphatic hydroxyl groups is 1. The number of hydrogen-bond acceptors (Lipinski definition) is 3. The molecule has 1 aliphatic rings. The number of rotatable bonds is 4. The first-order valence-corrected chi connectivity index (χ1v) is 9.31. The van der Waals surface area contributed by atoms with Crippen molar-refractivity contribution in [3.8, 4) is 11.1 Å². The molecule has 4 rings (SSSR count). The summed E-state index contributed by atoms with van der Waals surface area (Å²) in [5.41, 5.74) is 4.04. The van der Waals surface area contributed by atoms with Gasteiger partial charge in [-0.15, -0.1) is 0 Å². The largest absolute Gasteiger partial charge is 0.448 e. The number of anilines is 1. The fourth-order valence-corrected chi connectivity index (χ4v) is 3.73. The van der Waals surface area contributed by atoms with E-state index in [1.165, 1.54) is 12.1 Å². The molecule has 0 bridgehead atoms. The predicted octanol–water partition coefficient (Wildman–Crippen LogP) is 5.64. The lowest BCUT2D eigenvalue weighted by Gasteiger charge is -2.16. The zero-order valence-corrected chi connectivity index (χ0v) is 15.7. The van der Waals surface area contributed by atoms with Crippen molar-refractivity contribution in [1.29, 1.82) is 0 Å². The van der Waals surface area contributed by atoms with Crippen molar-refractivity contribution in [2.45, 2.75) is 18.2 Å². The molecule has 0 aromatic heterocycles. The summed E-state index contributed by atoms with van der Waals surface area (Å²) in [6.45, 7) is 0.0880. The van der Waals surface area contributed by atoms with E-state index < -0.39 is 18.4 Å². The summed E-state index contributed by atoms with van der Waals surface area (Å²) in [7, 11) is 0. The first kappa shape index (κ1) is 20.0. The molecule has 2 N–H and O–H groups in total. The monoisotopic (exact) mass is 413 g/mol. The lowest BCUT2D eigenvalue weighted by atomic mass is 9.98. The van der Waals surface area contributed by atoms with Crippen LogP contribution in [0.5, 0.6) is 0 Å². The number of ether oxygens (including phenoxy) is 1. The Kier molecular flexibility index (Phi) is 5.22. The number of carbonyl (C=O) groups is 1. The second-order valence-electron chi connectivity index (χ2n) is 7.02. The molecule has 0 radical (unpaired) electrons. The van der Waals surface area contributed by atoms with Gasteiger partial charge in [-0.3, -0.25) is 5.32 Å². The summed E-state index contributed by atoms with van der Waals surface area (Å²) >= 11 is 0. The van der Waals surface area contributed by atoms with Crippen molar-refractivity contribution in [1.82, 2.24) is 0 Å². The summed E-state index contributed by atoms with van der Waals surface area (Å²) in [6.07, 6.45) is -8.19. The highest BCUT2D eigenvalue weighted by molar-refractivity contribution is 5.85. The van der Waals surface area contributed by atoms with Crippen LogP contribution in [0.3, 0.4) is 0 Å². The third-order valence-corrected chi connectivity index (χ3v) is 5.10. The average Bonchev–Trinajstić information content (AvgIpc) is 3.05. The summed E-state index contributed by atoms with van der Waals surface area (Å²) in [5, 5.41) is 11.8. The van der Waals surface area contributed by atoms with Gasteiger partial charge in [-0.1, -0.05) is 60.7 Å². The van der Waals surface area contributed by atoms with Gasteiger partial charge in [0.05, 0.1) is 0 Å². The van der Waals surface area contributed by atoms with Crippen LogP contribution in [0.25, 0.3) is 11.1 Å². The standard InChI is InChI=1S/C23H18F3NO3/c24-23(25,26)21(28)14-6-5-7-15(12-14)27-22(29)30-13-20-18-10-3-1-8-16(18)17-9-2-4-11-19(17)20/h1-12,20-21,28H,13H2,(H,27,29).